The first-order valence-corrected chi connectivity index (χ1v) is 13.3. The van der Waals surface area contributed by atoms with Gasteiger partial charge in [0.05, 0.1) is 19.3 Å². The van der Waals surface area contributed by atoms with Gasteiger partial charge in [-0.1, -0.05) is 23.4 Å². The molecule has 0 aliphatic carbocycles. The minimum absolute atomic E-state index is 0.0465. The molecule has 0 saturated carbocycles. The van der Waals surface area contributed by atoms with Gasteiger partial charge in [0, 0.05) is 35.1 Å². The summed E-state index contributed by atoms with van der Waals surface area (Å²) in [4.78, 5) is 31.7. The molecule has 238 valence electrons. The van der Waals surface area contributed by atoms with Gasteiger partial charge in [0.2, 0.25) is 0 Å². The number of benzene rings is 1. The van der Waals surface area contributed by atoms with Gasteiger partial charge in [-0.25, -0.2) is 24.2 Å². The summed E-state index contributed by atoms with van der Waals surface area (Å²) in [5.74, 6) is -4.86. The van der Waals surface area contributed by atoms with Crippen LogP contribution in [-0.4, -0.2) is 90.2 Å². The largest absolute Gasteiger partial charge is 0.490 e. The first kappa shape index (κ1) is 34.1. The number of ether oxygens (including phenoxy) is 1. The van der Waals surface area contributed by atoms with E-state index in [1.54, 1.807) is 6.33 Å². The summed E-state index contributed by atoms with van der Waals surface area (Å²) in [6, 6.07) is 14.3. The van der Waals surface area contributed by atoms with Crippen LogP contribution in [0.5, 0.6) is 0 Å². The number of aryl methyl sites for hydroxylation is 1. The van der Waals surface area contributed by atoms with Gasteiger partial charge in [0.25, 0.3) is 0 Å². The Labute approximate surface area is 248 Å². The molecule has 4 aromatic rings. The first-order chi connectivity index (χ1) is 20.6. The van der Waals surface area contributed by atoms with Crippen LogP contribution in [0.3, 0.4) is 0 Å². The molecule has 1 saturated heterocycles. The molecule has 5 rings (SSSR count). The fourth-order valence-electron chi connectivity index (χ4n) is 3.68. The summed E-state index contributed by atoms with van der Waals surface area (Å²) in [6.07, 6.45) is -8.58. The maximum absolute atomic E-state index is 10.6. The maximum atomic E-state index is 10.6. The number of carboxylic acid groups (broad SMARTS) is 2. The predicted octanol–water partition coefficient (Wildman–Crippen LogP) is 4.50. The molecule has 0 spiro atoms. The molecule has 1 atom stereocenters. The van der Waals surface area contributed by atoms with E-state index in [0.717, 1.165) is 31.9 Å². The molecule has 1 aliphatic rings. The van der Waals surface area contributed by atoms with Crippen molar-refractivity contribution in [1.29, 1.82) is 0 Å². The maximum Gasteiger partial charge on any atom is 0.490 e. The predicted molar refractivity (Wildman–Crippen MR) is 144 cm³/mol. The number of hydrogen-bond donors (Lipinski definition) is 3. The lowest BCUT2D eigenvalue weighted by Gasteiger charge is -2.32. The summed E-state index contributed by atoms with van der Waals surface area (Å²) >= 11 is 1.86. The third kappa shape index (κ3) is 10.4. The van der Waals surface area contributed by atoms with Crippen LogP contribution in [0, 0.1) is 6.92 Å². The number of hydrogen-bond acceptors (Lipinski definition) is 10. The Morgan fingerprint density at radius 1 is 1.02 bits per heavy atom. The van der Waals surface area contributed by atoms with Gasteiger partial charge in [0.1, 0.15) is 6.33 Å². The average molecular weight is 650 g/mol. The molecular weight excluding hydrogens is 624 g/mol. The van der Waals surface area contributed by atoms with E-state index >= 15 is 0 Å². The monoisotopic (exact) mass is 649 g/mol. The number of morpholine rings is 1. The molecule has 0 amide bonds. The zero-order valence-electron chi connectivity index (χ0n) is 22.7. The molecule has 1 aromatic carbocycles. The highest BCUT2D eigenvalue weighted by molar-refractivity contribution is 7.11. The third-order valence-corrected chi connectivity index (χ3v) is 6.58. The Hall–Kier alpha value is -4.36. The highest BCUT2D eigenvalue weighted by Crippen LogP contribution is 2.22. The van der Waals surface area contributed by atoms with Crippen LogP contribution < -0.4 is 5.32 Å². The zero-order valence-corrected chi connectivity index (χ0v) is 23.5. The average Bonchev–Trinajstić information content (AvgIpc) is 3.55. The second-order valence-corrected chi connectivity index (χ2v) is 10.4. The summed E-state index contributed by atoms with van der Waals surface area (Å²) < 4.78 is 71.3. The molecular formula is C25H25F6N7O5S. The van der Waals surface area contributed by atoms with E-state index in [2.05, 4.69) is 49.6 Å². The van der Waals surface area contributed by atoms with E-state index < -0.39 is 24.3 Å². The van der Waals surface area contributed by atoms with Gasteiger partial charge in [0.15, 0.2) is 17.0 Å². The van der Waals surface area contributed by atoms with Crippen molar-refractivity contribution in [2.45, 2.75) is 38.5 Å². The fraction of sp³-hybridized carbons (Fsp3) is 0.360. The van der Waals surface area contributed by atoms with E-state index in [9.17, 15) is 26.3 Å². The smallest absolute Gasteiger partial charge is 0.475 e. The van der Waals surface area contributed by atoms with E-state index in [0.29, 0.717) is 23.5 Å². The lowest BCUT2D eigenvalue weighted by molar-refractivity contribution is -0.193. The topological polar surface area (TPSA) is 156 Å². The molecule has 4 heterocycles. The second kappa shape index (κ2) is 14.9. The van der Waals surface area contributed by atoms with Crippen LogP contribution >= 0.6 is 11.3 Å². The molecule has 1 aliphatic heterocycles. The van der Waals surface area contributed by atoms with Crippen molar-refractivity contribution in [2.24, 2.45) is 0 Å². The van der Waals surface area contributed by atoms with Crippen molar-refractivity contribution < 1.29 is 50.9 Å². The normalized spacial score (nSPS) is 15.5. The number of para-hydroxylation sites is 1. The van der Waals surface area contributed by atoms with E-state index in [1.165, 1.54) is 9.75 Å². The van der Waals surface area contributed by atoms with Gasteiger partial charge in [-0.15, -0.1) is 16.4 Å². The highest BCUT2D eigenvalue weighted by Gasteiger charge is 2.38. The number of fused-ring (bicyclic) bond motifs is 1. The Balaban J connectivity index is 0.000000317. The van der Waals surface area contributed by atoms with Crippen LogP contribution in [0.4, 0.5) is 37.8 Å². The number of aliphatic carboxylic acids is 2. The molecule has 1 unspecified atom stereocenters. The van der Waals surface area contributed by atoms with Gasteiger partial charge in [-0.05, 0) is 31.2 Å². The summed E-state index contributed by atoms with van der Waals surface area (Å²) in [6.45, 7) is 6.24. The minimum Gasteiger partial charge on any atom is -0.475 e. The van der Waals surface area contributed by atoms with Crippen molar-refractivity contribution in [3.63, 3.8) is 0 Å². The number of carbonyl (C=O) groups is 2. The Bertz CT molecular complexity index is 1510. The number of thiophene rings is 1. The van der Waals surface area contributed by atoms with Crippen LogP contribution in [0.1, 0.15) is 9.75 Å². The molecule has 0 radical (unpaired) electrons. The third-order valence-electron chi connectivity index (χ3n) is 5.60. The lowest BCUT2D eigenvalue weighted by atomic mass is 10.2. The van der Waals surface area contributed by atoms with E-state index in [1.807, 2.05) is 46.4 Å². The molecule has 3 aromatic heterocycles. The molecule has 3 N–H and O–H groups in total. The zero-order chi connectivity index (χ0) is 32.5. The van der Waals surface area contributed by atoms with E-state index in [4.69, 9.17) is 24.5 Å². The number of nitrogens with one attached hydrogen (secondary N) is 1. The minimum atomic E-state index is -5.08. The van der Waals surface area contributed by atoms with Crippen LogP contribution in [0.2, 0.25) is 0 Å². The standard InChI is InChI=1S/C21H23N7OS.2C2HF3O2/c1-15-7-8-18(30-15)13-27-9-10-29-17(11-27)12-28-21-19(25-26-28)20(22-14-23-21)24-16-5-3-2-4-6-16;2*3-2(4,5)1(6)7/h2-8,14,17H,9-13H2,1H3,(H,22,23,24);2*(H,6,7). The number of aromatic nitrogens is 5. The molecule has 0 bridgehead atoms. The first-order valence-electron chi connectivity index (χ1n) is 12.5. The Morgan fingerprint density at radius 3 is 2.23 bits per heavy atom. The number of rotatable bonds is 6. The molecule has 19 heteroatoms. The van der Waals surface area contributed by atoms with Crippen LogP contribution in [0.15, 0.2) is 48.8 Å². The number of anilines is 2. The lowest BCUT2D eigenvalue weighted by Crippen LogP contribution is -2.43. The van der Waals surface area contributed by atoms with Crippen molar-refractivity contribution in [2.75, 3.05) is 25.0 Å². The van der Waals surface area contributed by atoms with Crippen molar-refractivity contribution >= 4 is 45.9 Å². The van der Waals surface area contributed by atoms with Crippen LogP contribution in [0.25, 0.3) is 11.2 Å². The van der Waals surface area contributed by atoms with Crippen molar-refractivity contribution in [3.8, 4) is 0 Å². The Morgan fingerprint density at radius 2 is 1.66 bits per heavy atom. The number of nitrogens with zero attached hydrogens (tertiary/aromatic N) is 6. The van der Waals surface area contributed by atoms with E-state index in [-0.39, 0.29) is 6.10 Å². The van der Waals surface area contributed by atoms with Crippen LogP contribution in [-0.2, 0) is 27.4 Å². The van der Waals surface area contributed by atoms with Crippen molar-refractivity contribution in [1.82, 2.24) is 29.9 Å². The Kier molecular flexibility index (Phi) is 11.5. The number of alkyl halides is 6. The van der Waals surface area contributed by atoms with Crippen molar-refractivity contribution in [3.05, 3.63) is 58.5 Å². The highest BCUT2D eigenvalue weighted by atomic mass is 32.1. The molecule has 44 heavy (non-hydrogen) atoms. The SMILES string of the molecule is Cc1ccc(CN2CCOC(Cn3nnc4c(Nc5ccccc5)ncnc43)C2)s1.O=C(O)C(F)(F)F.O=C(O)C(F)(F)F. The van der Waals surface area contributed by atoms with Gasteiger partial charge in [-0.2, -0.15) is 26.3 Å². The summed E-state index contributed by atoms with van der Waals surface area (Å²) in [5.41, 5.74) is 2.31. The summed E-state index contributed by atoms with van der Waals surface area (Å²) in [7, 11) is 0. The second-order valence-electron chi connectivity index (χ2n) is 9.00. The van der Waals surface area contributed by atoms with Gasteiger partial charge < -0.3 is 20.3 Å². The number of halogens is 6. The summed E-state index contributed by atoms with van der Waals surface area (Å²) in [5, 5.41) is 26.2. The van der Waals surface area contributed by atoms with Gasteiger partial charge >= 0.3 is 24.3 Å². The molecule has 1 fully saturated rings. The molecule has 12 nitrogen and oxygen atoms in total. The van der Waals surface area contributed by atoms with Gasteiger partial charge in [-0.3, -0.25) is 4.90 Å². The fourth-order valence-corrected chi connectivity index (χ4v) is 4.61. The number of carboxylic acids is 2. The quantitative estimate of drug-likeness (QED) is 0.253.